The fourth-order valence-electron chi connectivity index (χ4n) is 1.11. The molecule has 1 aromatic carbocycles. The highest BCUT2D eigenvalue weighted by Crippen LogP contribution is 2.24. The van der Waals surface area contributed by atoms with Gasteiger partial charge in [-0.15, -0.1) is 0 Å². The number of amides is 1. The highest BCUT2D eigenvalue weighted by Gasteiger charge is 2.26. The van der Waals surface area contributed by atoms with Crippen LogP contribution in [0, 0.1) is 0 Å². The summed E-state index contributed by atoms with van der Waals surface area (Å²) in [7, 11) is 0. The maximum Gasteiger partial charge on any atom is 0.276 e. The second kappa shape index (κ2) is 5.42. The lowest BCUT2D eigenvalue weighted by atomic mass is 10.2. The Balaban J connectivity index is 2.77. The van der Waals surface area contributed by atoms with Gasteiger partial charge in [0.1, 0.15) is 0 Å². The van der Waals surface area contributed by atoms with Gasteiger partial charge < -0.3 is 16.8 Å². The quantitative estimate of drug-likeness (QED) is 0.772. The molecule has 0 saturated carbocycles. The van der Waals surface area contributed by atoms with Crippen molar-refractivity contribution >= 4 is 27.5 Å². The Morgan fingerprint density at radius 3 is 2.59 bits per heavy atom. The molecule has 0 unspecified atom stereocenters. The maximum atomic E-state index is 12.9. The number of hydrogen-bond donors (Lipinski definition) is 3. The molecule has 7 heteroatoms. The van der Waals surface area contributed by atoms with Gasteiger partial charge in [-0.05, 0) is 34.1 Å². The van der Waals surface area contributed by atoms with Crippen molar-refractivity contribution < 1.29 is 13.6 Å². The van der Waals surface area contributed by atoms with Gasteiger partial charge in [-0.1, -0.05) is 0 Å². The van der Waals surface area contributed by atoms with Crippen LogP contribution < -0.4 is 16.8 Å². The largest absolute Gasteiger partial charge is 0.378 e. The van der Waals surface area contributed by atoms with Crippen molar-refractivity contribution in [3.05, 3.63) is 28.2 Å². The molecule has 1 amide bonds. The van der Waals surface area contributed by atoms with Gasteiger partial charge in [0.05, 0.1) is 13.1 Å². The lowest BCUT2D eigenvalue weighted by Crippen LogP contribution is -2.35. The van der Waals surface area contributed by atoms with Gasteiger partial charge in [0.25, 0.3) is 5.92 Å². The number of anilines is 1. The Morgan fingerprint density at radius 2 is 2.12 bits per heavy atom. The zero-order valence-corrected chi connectivity index (χ0v) is 10.4. The first-order chi connectivity index (χ1) is 7.85. The third-order valence-electron chi connectivity index (χ3n) is 2.09. The highest BCUT2D eigenvalue weighted by molar-refractivity contribution is 9.10. The lowest BCUT2D eigenvalue weighted by Gasteiger charge is -2.16. The molecule has 0 aromatic heterocycles. The van der Waals surface area contributed by atoms with E-state index in [-0.39, 0.29) is 0 Å². The number of alkyl halides is 2. The SMILES string of the molecule is NCC(F)(F)CNc1ccc(C(N)=O)cc1Br. The summed E-state index contributed by atoms with van der Waals surface area (Å²) in [6.45, 7) is -1.30. The fourth-order valence-corrected chi connectivity index (χ4v) is 1.63. The summed E-state index contributed by atoms with van der Waals surface area (Å²) in [5.41, 5.74) is 10.7. The van der Waals surface area contributed by atoms with E-state index < -0.39 is 24.9 Å². The van der Waals surface area contributed by atoms with Gasteiger partial charge >= 0.3 is 0 Å². The normalized spacial score (nSPS) is 11.3. The molecule has 17 heavy (non-hydrogen) atoms. The van der Waals surface area contributed by atoms with E-state index in [1.54, 1.807) is 0 Å². The molecule has 0 atom stereocenters. The van der Waals surface area contributed by atoms with Crippen molar-refractivity contribution in [3.8, 4) is 0 Å². The van der Waals surface area contributed by atoms with Gasteiger partial charge in [0.2, 0.25) is 5.91 Å². The van der Waals surface area contributed by atoms with Crippen molar-refractivity contribution in [1.82, 2.24) is 0 Å². The summed E-state index contributed by atoms with van der Waals surface area (Å²) in [5.74, 6) is -3.55. The van der Waals surface area contributed by atoms with E-state index in [1.807, 2.05) is 0 Å². The number of primary amides is 1. The van der Waals surface area contributed by atoms with Crippen LogP contribution in [0.15, 0.2) is 22.7 Å². The van der Waals surface area contributed by atoms with Crippen LogP contribution in [-0.4, -0.2) is 24.9 Å². The third kappa shape index (κ3) is 3.94. The van der Waals surface area contributed by atoms with Crippen LogP contribution >= 0.6 is 15.9 Å². The molecule has 0 bridgehead atoms. The molecule has 0 heterocycles. The van der Waals surface area contributed by atoms with E-state index in [4.69, 9.17) is 11.5 Å². The lowest BCUT2D eigenvalue weighted by molar-refractivity contribution is 0.0253. The predicted molar refractivity (Wildman–Crippen MR) is 65.2 cm³/mol. The van der Waals surface area contributed by atoms with E-state index in [9.17, 15) is 13.6 Å². The molecule has 0 radical (unpaired) electrons. The summed E-state index contributed by atoms with van der Waals surface area (Å²) >= 11 is 3.16. The summed E-state index contributed by atoms with van der Waals surface area (Å²) in [6, 6.07) is 4.41. The highest BCUT2D eigenvalue weighted by atomic mass is 79.9. The van der Waals surface area contributed by atoms with Gasteiger partial charge in [-0.2, -0.15) is 0 Å². The Labute approximate surface area is 105 Å². The molecular weight excluding hydrogens is 296 g/mol. The van der Waals surface area contributed by atoms with Crippen LogP contribution in [0.4, 0.5) is 14.5 Å². The first kappa shape index (κ1) is 13.9. The number of nitrogens with two attached hydrogens (primary N) is 2. The first-order valence-electron chi connectivity index (χ1n) is 4.77. The Bertz CT molecular complexity index is 426. The first-order valence-corrected chi connectivity index (χ1v) is 5.56. The van der Waals surface area contributed by atoms with Crippen LogP contribution in [0.1, 0.15) is 10.4 Å². The Hall–Kier alpha value is -1.21. The van der Waals surface area contributed by atoms with Gasteiger partial charge in [0, 0.05) is 15.7 Å². The van der Waals surface area contributed by atoms with Gasteiger partial charge in [0.15, 0.2) is 0 Å². The molecule has 0 aliphatic carbocycles. The van der Waals surface area contributed by atoms with Gasteiger partial charge in [-0.3, -0.25) is 4.79 Å². The second-order valence-electron chi connectivity index (χ2n) is 3.47. The molecule has 0 fully saturated rings. The molecule has 5 N–H and O–H groups in total. The summed E-state index contributed by atoms with van der Waals surface area (Å²) in [4.78, 5) is 10.9. The van der Waals surface area contributed by atoms with Crippen molar-refractivity contribution in [2.45, 2.75) is 5.92 Å². The van der Waals surface area contributed by atoms with E-state index in [1.165, 1.54) is 18.2 Å². The third-order valence-corrected chi connectivity index (χ3v) is 2.75. The minimum Gasteiger partial charge on any atom is -0.378 e. The molecule has 4 nitrogen and oxygen atoms in total. The summed E-state index contributed by atoms with van der Waals surface area (Å²) in [6.07, 6.45) is 0. The zero-order valence-electron chi connectivity index (χ0n) is 8.84. The standard InChI is InChI=1S/C10H12BrF2N3O/c11-7-3-6(9(15)17)1-2-8(7)16-5-10(12,13)4-14/h1-3,16H,4-5,14H2,(H2,15,17). The Kier molecular flexibility index (Phi) is 4.41. The monoisotopic (exact) mass is 307 g/mol. The molecule has 94 valence electrons. The number of halogens is 3. The summed E-state index contributed by atoms with van der Waals surface area (Å²) in [5, 5.41) is 2.54. The molecule has 0 aliphatic heterocycles. The van der Waals surface area contributed by atoms with Crippen molar-refractivity contribution in [2.24, 2.45) is 11.5 Å². The number of benzene rings is 1. The molecule has 1 rings (SSSR count). The molecule has 0 spiro atoms. The van der Waals surface area contributed by atoms with E-state index >= 15 is 0 Å². The van der Waals surface area contributed by atoms with Crippen LogP contribution in [0.5, 0.6) is 0 Å². The van der Waals surface area contributed by atoms with Gasteiger partial charge in [-0.25, -0.2) is 8.78 Å². The smallest absolute Gasteiger partial charge is 0.276 e. The summed E-state index contributed by atoms with van der Waals surface area (Å²) < 4.78 is 26.3. The Morgan fingerprint density at radius 1 is 1.47 bits per heavy atom. The molecule has 1 aromatic rings. The number of hydrogen-bond acceptors (Lipinski definition) is 3. The average molecular weight is 308 g/mol. The zero-order chi connectivity index (χ0) is 13.1. The maximum absolute atomic E-state index is 12.9. The van der Waals surface area contributed by atoms with E-state index in [2.05, 4.69) is 21.2 Å². The molecule has 0 saturated heterocycles. The fraction of sp³-hybridized carbons (Fsp3) is 0.300. The molecular formula is C10H12BrF2N3O. The predicted octanol–water partition coefficient (Wildman–Crippen LogP) is 1.55. The van der Waals surface area contributed by atoms with E-state index in [0.717, 1.165) is 0 Å². The van der Waals surface area contributed by atoms with Crippen LogP contribution in [0.3, 0.4) is 0 Å². The number of rotatable bonds is 5. The minimum atomic E-state index is -2.97. The van der Waals surface area contributed by atoms with Crippen molar-refractivity contribution in [3.63, 3.8) is 0 Å². The number of nitrogens with one attached hydrogen (secondary N) is 1. The second-order valence-corrected chi connectivity index (χ2v) is 4.33. The van der Waals surface area contributed by atoms with Crippen molar-refractivity contribution in [1.29, 1.82) is 0 Å². The topological polar surface area (TPSA) is 81.1 Å². The number of carbonyl (C=O) groups excluding carboxylic acids is 1. The minimum absolute atomic E-state index is 0.299. The average Bonchev–Trinajstić information content (AvgIpc) is 2.27. The van der Waals surface area contributed by atoms with E-state index in [0.29, 0.717) is 15.7 Å². The molecule has 0 aliphatic rings. The van der Waals surface area contributed by atoms with Crippen molar-refractivity contribution in [2.75, 3.05) is 18.4 Å². The van der Waals surface area contributed by atoms with Crippen LogP contribution in [-0.2, 0) is 0 Å². The van der Waals surface area contributed by atoms with Crippen LogP contribution in [0.25, 0.3) is 0 Å². The number of carbonyl (C=O) groups is 1. The van der Waals surface area contributed by atoms with Crippen LogP contribution in [0.2, 0.25) is 0 Å².